The molecule has 4 aromatic heterocycles. The van der Waals surface area contributed by atoms with Crippen molar-refractivity contribution in [3.8, 4) is 39.3 Å². The fourth-order valence-corrected chi connectivity index (χ4v) is 6.89. The summed E-state index contributed by atoms with van der Waals surface area (Å²) >= 11 is 0. The van der Waals surface area contributed by atoms with Gasteiger partial charge in [0.05, 0.1) is 11.2 Å². The minimum atomic E-state index is -0.0914. The third-order valence-electron chi connectivity index (χ3n) is 9.36. The van der Waals surface area contributed by atoms with Crippen LogP contribution in [0, 0.1) is 6.07 Å². The van der Waals surface area contributed by atoms with Gasteiger partial charge in [0.2, 0.25) is 0 Å². The summed E-state index contributed by atoms with van der Waals surface area (Å²) in [5.74, 6) is 0. The van der Waals surface area contributed by atoms with Crippen LogP contribution in [0.15, 0.2) is 140 Å². The SMILES string of the molecule is CC(C)(C)c1cc(-c2cccc(-c3cccc4c3[n-]c3ccc(-c5ccccc5)cc34)n2)[c-]c(-n2c3ccccc3c3cccnc32)c1.[Pt+2]. The molecule has 0 N–H and O–H groups in total. The molecule has 0 saturated heterocycles. The molecule has 0 saturated carbocycles. The van der Waals surface area contributed by atoms with Crippen molar-refractivity contribution in [2.24, 2.45) is 0 Å². The van der Waals surface area contributed by atoms with E-state index in [0.29, 0.717) is 0 Å². The number of benzene rings is 5. The molecule has 49 heavy (non-hydrogen) atoms. The second-order valence-electron chi connectivity index (χ2n) is 13.5. The van der Waals surface area contributed by atoms with E-state index in [2.05, 4.69) is 159 Å². The number of hydrogen-bond donors (Lipinski definition) is 0. The minimum absolute atomic E-state index is 0. The summed E-state index contributed by atoms with van der Waals surface area (Å²) in [6, 6.07) is 50.6. The molecule has 5 heteroatoms. The first kappa shape index (κ1) is 31.0. The molecule has 9 aromatic rings. The number of pyridine rings is 2. The molecule has 0 atom stereocenters. The Bertz CT molecular complexity index is 2610. The van der Waals surface area contributed by atoms with Gasteiger partial charge in [-0.25, -0.2) is 4.98 Å². The molecule has 0 amide bonds. The largest absolute Gasteiger partial charge is 2.00 e. The maximum absolute atomic E-state index is 5.27. The third-order valence-corrected chi connectivity index (χ3v) is 9.36. The topological polar surface area (TPSA) is 44.8 Å². The molecule has 9 rings (SSSR count). The summed E-state index contributed by atoms with van der Waals surface area (Å²) < 4.78 is 2.23. The molecule has 238 valence electrons. The quantitative estimate of drug-likeness (QED) is 0.166. The zero-order chi connectivity index (χ0) is 32.4. The van der Waals surface area contributed by atoms with Gasteiger partial charge >= 0.3 is 21.1 Å². The van der Waals surface area contributed by atoms with E-state index < -0.39 is 0 Å². The van der Waals surface area contributed by atoms with Gasteiger partial charge in [-0.3, -0.25) is 4.98 Å². The van der Waals surface area contributed by atoms with E-state index in [4.69, 9.17) is 15.0 Å². The van der Waals surface area contributed by atoms with Crippen LogP contribution in [0.3, 0.4) is 0 Å². The van der Waals surface area contributed by atoms with Gasteiger partial charge in [0.25, 0.3) is 0 Å². The van der Waals surface area contributed by atoms with E-state index in [9.17, 15) is 0 Å². The van der Waals surface area contributed by atoms with Crippen LogP contribution in [0.2, 0.25) is 0 Å². The predicted octanol–water partition coefficient (Wildman–Crippen LogP) is 10.9. The number of hydrogen-bond acceptors (Lipinski definition) is 2. The number of nitrogens with zero attached hydrogens (tertiary/aromatic N) is 4. The zero-order valence-corrected chi connectivity index (χ0v) is 29.7. The molecule has 4 nitrogen and oxygen atoms in total. The van der Waals surface area contributed by atoms with Gasteiger partial charge in [-0.1, -0.05) is 112 Å². The maximum Gasteiger partial charge on any atom is 2.00 e. The monoisotopic (exact) mass is 811 g/mol. The van der Waals surface area contributed by atoms with Crippen molar-refractivity contribution in [2.75, 3.05) is 0 Å². The van der Waals surface area contributed by atoms with Crippen LogP contribution >= 0.6 is 0 Å². The molecule has 0 unspecified atom stereocenters. The number of para-hydroxylation sites is 2. The molecular weight excluding hydrogens is 780 g/mol. The first-order valence-corrected chi connectivity index (χ1v) is 16.4. The predicted molar refractivity (Wildman–Crippen MR) is 199 cm³/mol. The van der Waals surface area contributed by atoms with Crippen molar-refractivity contribution in [1.29, 1.82) is 0 Å². The van der Waals surface area contributed by atoms with Gasteiger partial charge in [0.1, 0.15) is 5.65 Å². The van der Waals surface area contributed by atoms with Gasteiger partial charge in [-0.15, -0.1) is 40.4 Å². The van der Waals surface area contributed by atoms with E-state index in [-0.39, 0.29) is 26.5 Å². The summed E-state index contributed by atoms with van der Waals surface area (Å²) in [6.45, 7) is 6.75. The Balaban J connectivity index is 0.00000348. The Kier molecular flexibility index (Phi) is 7.58. The molecular formula is C44H32N4Pt. The summed E-state index contributed by atoms with van der Waals surface area (Å²) in [5.41, 5.74) is 12.2. The third kappa shape index (κ3) is 5.28. The standard InChI is InChI=1S/C44H32N4.Pt/c1-44(2,3)31-24-30(25-32(27-31)48-41-20-8-7-14-33(41)35-17-11-23-45-43(35)48)38-18-10-19-39(46-38)36-16-9-15-34-37-26-29(28-12-5-4-6-13-28)21-22-40(37)47-42(34)36;/h4-24,26-27H,1-3H3;/q-2;+2. The van der Waals surface area contributed by atoms with Crippen LogP contribution in [0.5, 0.6) is 0 Å². The zero-order valence-electron chi connectivity index (χ0n) is 27.4. The van der Waals surface area contributed by atoms with E-state index in [0.717, 1.165) is 66.6 Å². The second kappa shape index (κ2) is 12.0. The fourth-order valence-electron chi connectivity index (χ4n) is 6.89. The van der Waals surface area contributed by atoms with Gasteiger partial charge in [-0.2, -0.15) is 0 Å². The van der Waals surface area contributed by atoms with Gasteiger partial charge in [-0.05, 0) is 74.6 Å². The first-order chi connectivity index (χ1) is 23.4. The number of fused-ring (bicyclic) bond motifs is 6. The molecule has 0 fully saturated rings. The summed E-state index contributed by atoms with van der Waals surface area (Å²) in [5, 5.41) is 4.59. The number of rotatable bonds is 4. The van der Waals surface area contributed by atoms with Crippen LogP contribution < -0.4 is 4.98 Å². The van der Waals surface area contributed by atoms with Crippen molar-refractivity contribution in [2.45, 2.75) is 26.2 Å². The van der Waals surface area contributed by atoms with Crippen molar-refractivity contribution in [3.63, 3.8) is 0 Å². The van der Waals surface area contributed by atoms with Crippen LogP contribution in [-0.4, -0.2) is 14.5 Å². The Morgan fingerprint density at radius 3 is 2.24 bits per heavy atom. The van der Waals surface area contributed by atoms with E-state index in [1.54, 1.807) is 0 Å². The Labute approximate surface area is 299 Å². The summed E-state index contributed by atoms with van der Waals surface area (Å²) in [4.78, 5) is 15.2. The van der Waals surface area contributed by atoms with E-state index in [1.165, 1.54) is 22.1 Å². The second-order valence-corrected chi connectivity index (χ2v) is 13.5. The fraction of sp³-hybridized carbons (Fsp3) is 0.0909. The molecule has 0 bridgehead atoms. The van der Waals surface area contributed by atoms with Crippen molar-refractivity contribution >= 4 is 43.7 Å². The Hall–Kier alpha value is -5.31. The maximum atomic E-state index is 5.27. The van der Waals surface area contributed by atoms with Gasteiger partial charge < -0.3 is 9.55 Å². The van der Waals surface area contributed by atoms with Crippen molar-refractivity contribution in [3.05, 3.63) is 151 Å². The van der Waals surface area contributed by atoms with E-state index >= 15 is 0 Å². The van der Waals surface area contributed by atoms with Crippen LogP contribution in [0.4, 0.5) is 0 Å². The first-order valence-electron chi connectivity index (χ1n) is 16.4. The molecule has 0 aliphatic heterocycles. The summed E-state index contributed by atoms with van der Waals surface area (Å²) in [6.07, 6.45) is 1.86. The molecule has 0 aliphatic carbocycles. The Morgan fingerprint density at radius 2 is 1.39 bits per heavy atom. The minimum Gasteiger partial charge on any atom is -0.656 e. The van der Waals surface area contributed by atoms with Gasteiger partial charge in [0, 0.05) is 17.0 Å². The average molecular weight is 812 g/mol. The summed E-state index contributed by atoms with van der Waals surface area (Å²) in [7, 11) is 0. The Morgan fingerprint density at radius 1 is 0.633 bits per heavy atom. The molecule has 0 aliphatic rings. The van der Waals surface area contributed by atoms with Crippen LogP contribution in [0.1, 0.15) is 26.3 Å². The van der Waals surface area contributed by atoms with Crippen molar-refractivity contribution in [1.82, 2.24) is 19.5 Å². The molecule has 0 radical (unpaired) electrons. The van der Waals surface area contributed by atoms with E-state index in [1.807, 2.05) is 12.3 Å². The van der Waals surface area contributed by atoms with Crippen molar-refractivity contribution < 1.29 is 21.1 Å². The van der Waals surface area contributed by atoms with Crippen LogP contribution in [0.25, 0.3) is 83.1 Å². The number of aromatic nitrogens is 4. The molecule has 5 aromatic carbocycles. The molecule has 0 spiro atoms. The normalized spacial score (nSPS) is 11.8. The van der Waals surface area contributed by atoms with Gasteiger partial charge in [0.15, 0.2) is 0 Å². The molecule has 4 heterocycles. The average Bonchev–Trinajstić information content (AvgIpc) is 3.67. The van der Waals surface area contributed by atoms with Crippen LogP contribution in [-0.2, 0) is 26.5 Å². The smallest absolute Gasteiger partial charge is 0.656 e.